The van der Waals surface area contributed by atoms with Crippen molar-refractivity contribution in [2.75, 3.05) is 14.1 Å². The highest BCUT2D eigenvalue weighted by Crippen LogP contribution is 2.37. The Bertz CT molecular complexity index is 314. The molecular weight excluding hydrogens is 300 g/mol. The van der Waals surface area contributed by atoms with E-state index in [1.54, 1.807) is 0 Å². The molecule has 23 heavy (non-hydrogen) atoms. The highest BCUT2D eigenvalue weighted by molar-refractivity contribution is 6.70. The Morgan fingerprint density at radius 3 is 0.739 bits per heavy atom. The summed E-state index contributed by atoms with van der Waals surface area (Å²) in [5.41, 5.74) is 0.132. The highest BCUT2D eigenvalue weighted by atomic mass is 28.4. The molecule has 0 atom stereocenters. The smallest absolute Gasteiger partial charge is 0.303 e. The van der Waals surface area contributed by atoms with E-state index in [-0.39, 0.29) is 22.2 Å². The molecule has 4 nitrogen and oxygen atoms in total. The van der Waals surface area contributed by atoms with Gasteiger partial charge in [0.2, 0.25) is 0 Å². The van der Waals surface area contributed by atoms with Crippen molar-refractivity contribution in [2.45, 2.75) is 105 Å². The third-order valence-corrected chi connectivity index (χ3v) is 9.40. The van der Waals surface area contributed by atoms with Crippen LogP contribution in [0.4, 0.5) is 0 Å². The van der Waals surface area contributed by atoms with Crippen LogP contribution in [-0.2, 0) is 0 Å². The fraction of sp³-hybridized carbons (Fsp3) is 1.00. The summed E-state index contributed by atoms with van der Waals surface area (Å²) >= 11 is 0. The summed E-state index contributed by atoms with van der Waals surface area (Å²) in [6, 6.07) is 0. The minimum atomic E-state index is -2.38. The zero-order valence-electron chi connectivity index (χ0n) is 18.4. The third-order valence-electron chi connectivity index (χ3n) is 4.03. The van der Waals surface area contributed by atoms with Crippen molar-refractivity contribution in [3.63, 3.8) is 0 Å². The van der Waals surface area contributed by atoms with Gasteiger partial charge in [0, 0.05) is 22.2 Å². The van der Waals surface area contributed by atoms with E-state index in [2.05, 4.69) is 116 Å². The normalized spacial score (nSPS) is 15.7. The maximum Gasteiger partial charge on any atom is 0.372 e. The first-order chi connectivity index (χ1) is 9.85. The summed E-state index contributed by atoms with van der Waals surface area (Å²) in [7, 11) is 1.84. The number of rotatable bonds is 4. The molecule has 0 fully saturated rings. The molecule has 140 valence electrons. The Morgan fingerprint density at radius 2 is 0.652 bits per heavy atom. The van der Waals surface area contributed by atoms with E-state index in [0.717, 1.165) is 0 Å². The van der Waals surface area contributed by atoms with Gasteiger partial charge in [-0.2, -0.15) is 0 Å². The summed E-state index contributed by atoms with van der Waals surface area (Å²) in [6.45, 7) is 27.8. The van der Waals surface area contributed by atoms with Gasteiger partial charge in [-0.25, -0.2) is 0 Å². The molecule has 0 radical (unpaired) electrons. The molecule has 0 amide bonds. The molecule has 0 aliphatic heterocycles. The first kappa shape index (κ1) is 23.1. The maximum absolute atomic E-state index is 3.77. The number of hydrogen-bond donors (Lipinski definition) is 2. The lowest BCUT2D eigenvalue weighted by atomic mass is 10.0. The first-order valence-electron chi connectivity index (χ1n) is 8.84. The molecule has 0 saturated heterocycles. The van der Waals surface area contributed by atoms with Crippen molar-refractivity contribution in [3.8, 4) is 0 Å². The van der Waals surface area contributed by atoms with Gasteiger partial charge in [-0.15, -0.1) is 0 Å². The van der Waals surface area contributed by atoms with Crippen LogP contribution >= 0.6 is 0 Å². The van der Waals surface area contributed by atoms with Gasteiger partial charge >= 0.3 is 8.72 Å². The number of nitrogens with one attached hydrogen (secondary N) is 2. The summed E-state index contributed by atoms with van der Waals surface area (Å²) in [4.78, 5) is 7.54. The number of hydrogen-bond acceptors (Lipinski definition) is 4. The van der Waals surface area contributed by atoms with Gasteiger partial charge in [0.05, 0.1) is 0 Å². The predicted molar refractivity (Wildman–Crippen MR) is 107 cm³/mol. The predicted octanol–water partition coefficient (Wildman–Crippen LogP) is 3.66. The molecular formula is C18H44N4Si. The lowest BCUT2D eigenvalue weighted by Crippen LogP contribution is -2.90. The van der Waals surface area contributed by atoms with Crippen LogP contribution in [0.15, 0.2) is 0 Å². The van der Waals surface area contributed by atoms with Gasteiger partial charge in [0.1, 0.15) is 0 Å². The van der Waals surface area contributed by atoms with Crippen LogP contribution in [0, 0.1) is 0 Å². The average molecular weight is 345 g/mol. The lowest BCUT2D eigenvalue weighted by molar-refractivity contribution is 0.0444. The van der Waals surface area contributed by atoms with Crippen LogP contribution in [0.3, 0.4) is 0 Å². The van der Waals surface area contributed by atoms with Gasteiger partial charge in [0.25, 0.3) is 0 Å². The molecule has 2 N–H and O–H groups in total. The fourth-order valence-corrected chi connectivity index (χ4v) is 9.85. The first-order valence-corrected chi connectivity index (χ1v) is 10.7. The van der Waals surface area contributed by atoms with E-state index >= 15 is 0 Å². The van der Waals surface area contributed by atoms with E-state index < -0.39 is 8.72 Å². The Labute approximate surface area is 147 Å². The molecule has 0 bridgehead atoms. The molecule has 0 unspecified atom stereocenters. The molecule has 5 heteroatoms. The van der Waals surface area contributed by atoms with Crippen molar-refractivity contribution in [2.24, 2.45) is 0 Å². The molecule has 0 saturated carbocycles. The summed E-state index contributed by atoms with van der Waals surface area (Å²) < 4.78 is 5.37. The topological polar surface area (TPSA) is 30.5 Å². The van der Waals surface area contributed by atoms with Crippen LogP contribution in [0.5, 0.6) is 0 Å². The lowest BCUT2D eigenvalue weighted by Gasteiger charge is -2.63. The Morgan fingerprint density at radius 1 is 0.478 bits per heavy atom. The molecule has 0 aliphatic carbocycles. The Kier molecular flexibility index (Phi) is 6.77. The Balaban J connectivity index is 6.68. The zero-order valence-corrected chi connectivity index (χ0v) is 19.4. The second-order valence-electron chi connectivity index (χ2n) is 10.5. The second-order valence-corrected chi connectivity index (χ2v) is 13.8. The van der Waals surface area contributed by atoms with Crippen LogP contribution < -0.4 is 9.96 Å². The van der Waals surface area contributed by atoms with Gasteiger partial charge in [0.15, 0.2) is 0 Å². The van der Waals surface area contributed by atoms with Crippen molar-refractivity contribution in [1.82, 2.24) is 19.1 Å². The van der Waals surface area contributed by atoms with E-state index in [0.29, 0.717) is 0 Å². The van der Waals surface area contributed by atoms with E-state index in [4.69, 9.17) is 0 Å². The monoisotopic (exact) mass is 344 g/mol. The molecule has 0 rings (SSSR count). The highest BCUT2D eigenvalue weighted by Gasteiger charge is 2.58. The average Bonchev–Trinajstić information content (AvgIpc) is 2.19. The van der Waals surface area contributed by atoms with Crippen LogP contribution in [-0.4, -0.2) is 54.1 Å². The van der Waals surface area contributed by atoms with E-state index in [9.17, 15) is 0 Å². The Hall–Kier alpha value is 0.0569. The molecule has 0 spiro atoms. The van der Waals surface area contributed by atoms with Crippen LogP contribution in [0.2, 0.25) is 0 Å². The number of nitrogens with zero attached hydrogens (tertiary/aromatic N) is 2. The fourth-order valence-electron chi connectivity index (χ4n) is 4.63. The van der Waals surface area contributed by atoms with Gasteiger partial charge in [-0.05, 0) is 97.2 Å². The standard InChI is InChI=1S/C18H44N4Si/c1-15(2,3)21(16(4,5)6)23(19-13,20-14)22(17(7,8)9)18(10,11)12/h19-20H,1-14H3. The van der Waals surface area contributed by atoms with E-state index in [1.165, 1.54) is 0 Å². The quantitative estimate of drug-likeness (QED) is 0.762. The van der Waals surface area contributed by atoms with Crippen molar-refractivity contribution >= 4 is 8.72 Å². The SMILES string of the molecule is CN[Si](NC)(N(C(C)(C)C)C(C)(C)C)N(C(C)(C)C)C(C)(C)C. The van der Waals surface area contributed by atoms with Crippen LogP contribution in [0.25, 0.3) is 0 Å². The molecule has 0 aliphatic rings. The van der Waals surface area contributed by atoms with Gasteiger partial charge in [-0.3, -0.25) is 9.13 Å². The van der Waals surface area contributed by atoms with Gasteiger partial charge in [-0.1, -0.05) is 0 Å². The zero-order chi connectivity index (χ0) is 19.1. The van der Waals surface area contributed by atoms with Gasteiger partial charge < -0.3 is 9.96 Å². The van der Waals surface area contributed by atoms with Crippen molar-refractivity contribution < 1.29 is 0 Å². The minimum Gasteiger partial charge on any atom is -0.303 e. The van der Waals surface area contributed by atoms with Crippen molar-refractivity contribution in [3.05, 3.63) is 0 Å². The summed E-state index contributed by atoms with van der Waals surface area (Å²) in [5, 5.41) is 0. The minimum absolute atomic E-state index is 0.0330. The van der Waals surface area contributed by atoms with Crippen LogP contribution in [0.1, 0.15) is 83.1 Å². The molecule has 0 heterocycles. The molecule has 0 aromatic carbocycles. The molecule has 0 aromatic heterocycles. The van der Waals surface area contributed by atoms with Crippen molar-refractivity contribution in [1.29, 1.82) is 0 Å². The summed E-state index contributed by atoms with van der Waals surface area (Å²) in [6.07, 6.45) is 0. The largest absolute Gasteiger partial charge is 0.372 e. The molecule has 0 aromatic rings. The third kappa shape index (κ3) is 5.02. The summed E-state index contributed by atoms with van der Waals surface area (Å²) in [5.74, 6) is 0. The maximum atomic E-state index is 3.77. The van der Waals surface area contributed by atoms with E-state index in [1.807, 2.05) is 0 Å². The second kappa shape index (κ2) is 6.75.